The van der Waals surface area contributed by atoms with Gasteiger partial charge in [-0.15, -0.1) is 0 Å². The van der Waals surface area contributed by atoms with E-state index in [0.29, 0.717) is 0 Å². The predicted molar refractivity (Wildman–Crippen MR) is 44.6 cm³/mol. The first-order valence-corrected chi connectivity index (χ1v) is 5.54. The molecule has 1 saturated heterocycles. The van der Waals surface area contributed by atoms with E-state index < -0.39 is 10.8 Å². The van der Waals surface area contributed by atoms with Gasteiger partial charge in [0, 0.05) is 29.4 Å². The van der Waals surface area contributed by atoms with E-state index in [9.17, 15) is 4.21 Å². The summed E-state index contributed by atoms with van der Waals surface area (Å²) in [5, 5.41) is 0. The summed E-state index contributed by atoms with van der Waals surface area (Å²) in [4.78, 5) is 2.39. The van der Waals surface area contributed by atoms with Crippen LogP contribution in [0.1, 0.15) is 12.8 Å². The Kier molecular flexibility index (Phi) is 3.35. The molecule has 0 aliphatic carbocycles. The Bertz CT molecular complexity index is 121. The van der Waals surface area contributed by atoms with Crippen molar-refractivity contribution in [3.63, 3.8) is 0 Å². The summed E-state index contributed by atoms with van der Waals surface area (Å²) >= 11 is 0. The standard InChI is InChI=1S/C7H15NOS/c1-10(9)7-6-8-4-2-3-5-8/h2-7H2,1H3. The SMILES string of the molecule is CS(=O)CCN1CCCC1. The van der Waals surface area contributed by atoms with Crippen molar-refractivity contribution < 1.29 is 4.21 Å². The molecule has 0 spiro atoms. The summed E-state index contributed by atoms with van der Waals surface area (Å²) in [5.74, 6) is 0.847. The van der Waals surface area contributed by atoms with Gasteiger partial charge in [-0.05, 0) is 25.9 Å². The van der Waals surface area contributed by atoms with Crippen molar-refractivity contribution in [3.8, 4) is 0 Å². The van der Waals surface area contributed by atoms with Crippen LogP contribution in [-0.2, 0) is 10.8 Å². The number of nitrogens with zero attached hydrogens (tertiary/aromatic N) is 1. The zero-order chi connectivity index (χ0) is 7.40. The van der Waals surface area contributed by atoms with Crippen LogP contribution < -0.4 is 0 Å². The third kappa shape index (κ3) is 2.80. The largest absolute Gasteiger partial charge is 0.302 e. The Balaban J connectivity index is 2.07. The van der Waals surface area contributed by atoms with Crippen LogP contribution in [0.3, 0.4) is 0 Å². The molecule has 2 nitrogen and oxygen atoms in total. The highest BCUT2D eigenvalue weighted by Gasteiger charge is 2.10. The summed E-state index contributed by atoms with van der Waals surface area (Å²) in [6.45, 7) is 3.47. The molecule has 1 fully saturated rings. The molecule has 1 rings (SSSR count). The van der Waals surface area contributed by atoms with Crippen molar-refractivity contribution in [2.75, 3.05) is 31.6 Å². The molecular formula is C7H15NOS. The minimum Gasteiger partial charge on any atom is -0.302 e. The van der Waals surface area contributed by atoms with Crippen LogP contribution in [-0.4, -0.2) is 40.8 Å². The molecule has 1 unspecified atom stereocenters. The molecule has 0 aromatic heterocycles. The summed E-state index contributed by atoms with van der Waals surface area (Å²) in [7, 11) is -0.603. The average Bonchev–Trinajstić information content (AvgIpc) is 2.34. The number of rotatable bonds is 3. The monoisotopic (exact) mass is 161 g/mol. The lowest BCUT2D eigenvalue weighted by Crippen LogP contribution is -2.24. The Morgan fingerprint density at radius 3 is 2.50 bits per heavy atom. The van der Waals surface area contributed by atoms with Gasteiger partial charge in [0.2, 0.25) is 0 Å². The molecule has 1 heterocycles. The van der Waals surface area contributed by atoms with Crippen LogP contribution in [0.5, 0.6) is 0 Å². The van der Waals surface area contributed by atoms with Gasteiger partial charge in [-0.2, -0.15) is 0 Å². The van der Waals surface area contributed by atoms with E-state index in [-0.39, 0.29) is 0 Å². The normalized spacial score (nSPS) is 23.3. The molecule has 1 atom stereocenters. The van der Waals surface area contributed by atoms with E-state index in [0.717, 1.165) is 12.3 Å². The van der Waals surface area contributed by atoms with Crippen LogP contribution >= 0.6 is 0 Å². The minimum absolute atomic E-state index is 0.603. The first kappa shape index (κ1) is 8.21. The maximum Gasteiger partial charge on any atom is 0.0359 e. The second-order valence-corrected chi connectivity index (χ2v) is 4.38. The second kappa shape index (κ2) is 4.09. The van der Waals surface area contributed by atoms with Gasteiger partial charge in [0.05, 0.1) is 0 Å². The summed E-state index contributed by atoms with van der Waals surface area (Å²) in [6, 6.07) is 0. The quantitative estimate of drug-likeness (QED) is 0.599. The fraction of sp³-hybridized carbons (Fsp3) is 1.00. The molecule has 3 heteroatoms. The molecule has 0 radical (unpaired) electrons. The van der Waals surface area contributed by atoms with Crippen LogP contribution in [0.2, 0.25) is 0 Å². The molecule has 0 saturated carbocycles. The van der Waals surface area contributed by atoms with E-state index in [1.807, 2.05) is 0 Å². The fourth-order valence-electron chi connectivity index (χ4n) is 1.26. The van der Waals surface area contributed by atoms with Gasteiger partial charge >= 0.3 is 0 Å². The van der Waals surface area contributed by atoms with Crippen molar-refractivity contribution in [2.45, 2.75) is 12.8 Å². The van der Waals surface area contributed by atoms with Gasteiger partial charge in [0.15, 0.2) is 0 Å². The first-order valence-electron chi connectivity index (χ1n) is 3.81. The Morgan fingerprint density at radius 2 is 2.00 bits per heavy atom. The van der Waals surface area contributed by atoms with E-state index >= 15 is 0 Å². The second-order valence-electron chi connectivity index (χ2n) is 2.83. The van der Waals surface area contributed by atoms with E-state index in [2.05, 4.69) is 4.90 Å². The van der Waals surface area contributed by atoms with Crippen molar-refractivity contribution >= 4 is 10.8 Å². The molecular weight excluding hydrogens is 146 g/mol. The Hall–Kier alpha value is 0.110. The number of hydrogen-bond donors (Lipinski definition) is 0. The van der Waals surface area contributed by atoms with Crippen LogP contribution in [0.15, 0.2) is 0 Å². The number of likely N-dealkylation sites (tertiary alicyclic amines) is 1. The zero-order valence-corrected chi connectivity index (χ0v) is 7.32. The molecule has 10 heavy (non-hydrogen) atoms. The van der Waals surface area contributed by atoms with E-state index in [4.69, 9.17) is 0 Å². The third-order valence-corrected chi connectivity index (χ3v) is 2.65. The van der Waals surface area contributed by atoms with Gasteiger partial charge in [-0.25, -0.2) is 0 Å². The minimum atomic E-state index is -0.603. The highest BCUT2D eigenvalue weighted by molar-refractivity contribution is 7.84. The summed E-state index contributed by atoms with van der Waals surface area (Å²) in [5.41, 5.74) is 0. The molecule has 1 aliphatic heterocycles. The van der Waals surface area contributed by atoms with Crippen molar-refractivity contribution in [2.24, 2.45) is 0 Å². The lowest BCUT2D eigenvalue weighted by atomic mass is 10.4. The van der Waals surface area contributed by atoms with Crippen molar-refractivity contribution in [3.05, 3.63) is 0 Å². The molecule has 1 aliphatic rings. The van der Waals surface area contributed by atoms with Crippen LogP contribution in [0.25, 0.3) is 0 Å². The van der Waals surface area contributed by atoms with Gasteiger partial charge in [-0.3, -0.25) is 4.21 Å². The maximum absolute atomic E-state index is 10.7. The molecule has 0 aromatic carbocycles. The van der Waals surface area contributed by atoms with Gasteiger partial charge < -0.3 is 4.90 Å². The highest BCUT2D eigenvalue weighted by atomic mass is 32.2. The molecule has 0 amide bonds. The zero-order valence-electron chi connectivity index (χ0n) is 6.51. The molecule has 0 bridgehead atoms. The third-order valence-electron chi connectivity index (χ3n) is 1.89. The summed E-state index contributed by atoms with van der Waals surface area (Å²) in [6.07, 6.45) is 4.43. The average molecular weight is 161 g/mol. The molecule has 0 N–H and O–H groups in total. The first-order chi connectivity index (χ1) is 4.79. The van der Waals surface area contributed by atoms with Crippen LogP contribution in [0.4, 0.5) is 0 Å². The van der Waals surface area contributed by atoms with E-state index in [1.165, 1.54) is 25.9 Å². The Labute approximate surface area is 65.1 Å². The molecule has 0 aromatic rings. The van der Waals surface area contributed by atoms with Gasteiger partial charge in [-0.1, -0.05) is 0 Å². The Morgan fingerprint density at radius 1 is 1.40 bits per heavy atom. The fourth-order valence-corrected chi connectivity index (χ4v) is 1.78. The van der Waals surface area contributed by atoms with Gasteiger partial charge in [0.25, 0.3) is 0 Å². The topological polar surface area (TPSA) is 20.3 Å². The lowest BCUT2D eigenvalue weighted by molar-refractivity contribution is 0.361. The highest BCUT2D eigenvalue weighted by Crippen LogP contribution is 2.05. The molecule has 60 valence electrons. The van der Waals surface area contributed by atoms with Crippen LogP contribution in [0, 0.1) is 0 Å². The smallest absolute Gasteiger partial charge is 0.0359 e. The lowest BCUT2D eigenvalue weighted by Gasteiger charge is -2.12. The van der Waals surface area contributed by atoms with Gasteiger partial charge in [0.1, 0.15) is 0 Å². The van der Waals surface area contributed by atoms with E-state index in [1.54, 1.807) is 6.26 Å². The van der Waals surface area contributed by atoms with Crippen molar-refractivity contribution in [1.29, 1.82) is 0 Å². The van der Waals surface area contributed by atoms with Crippen molar-refractivity contribution in [1.82, 2.24) is 4.90 Å². The maximum atomic E-state index is 10.7. The predicted octanol–water partition coefficient (Wildman–Crippen LogP) is 0.461. The summed E-state index contributed by atoms with van der Waals surface area (Å²) < 4.78 is 10.7. The number of hydrogen-bond acceptors (Lipinski definition) is 2.